The second-order valence-electron chi connectivity index (χ2n) is 5.18. The number of rotatable bonds is 2. The highest BCUT2D eigenvalue weighted by Crippen LogP contribution is 2.37. The van der Waals surface area contributed by atoms with Gasteiger partial charge in [-0.25, -0.2) is 0 Å². The molecule has 15 heavy (non-hydrogen) atoms. The van der Waals surface area contributed by atoms with Crippen LogP contribution in [0.15, 0.2) is 11.6 Å². The summed E-state index contributed by atoms with van der Waals surface area (Å²) in [7, 11) is 0. The van der Waals surface area contributed by atoms with Crippen molar-refractivity contribution < 1.29 is 4.74 Å². The van der Waals surface area contributed by atoms with E-state index in [9.17, 15) is 0 Å². The predicted molar refractivity (Wildman–Crippen MR) is 62.6 cm³/mol. The van der Waals surface area contributed by atoms with E-state index in [0.29, 0.717) is 24.0 Å². The van der Waals surface area contributed by atoms with Gasteiger partial charge in [0.15, 0.2) is 0 Å². The fourth-order valence-electron chi connectivity index (χ4n) is 3.16. The first-order valence-corrected chi connectivity index (χ1v) is 6.21. The normalized spacial score (nSPS) is 43.1. The van der Waals surface area contributed by atoms with Crippen molar-refractivity contribution >= 4 is 0 Å². The Kier molecular flexibility index (Phi) is 3.17. The third-order valence-corrected chi connectivity index (χ3v) is 4.24. The number of ether oxygens (including phenoxy) is 1. The highest BCUT2D eigenvalue weighted by molar-refractivity contribution is 5.17. The van der Waals surface area contributed by atoms with Crippen molar-refractivity contribution in [3.05, 3.63) is 11.6 Å². The molecule has 1 heterocycles. The van der Waals surface area contributed by atoms with E-state index < -0.39 is 0 Å². The first kappa shape index (κ1) is 11.2. The van der Waals surface area contributed by atoms with Crippen LogP contribution in [0, 0.1) is 11.8 Å². The second-order valence-corrected chi connectivity index (χ2v) is 5.18. The predicted octanol–water partition coefficient (Wildman–Crippen LogP) is 2.48. The zero-order valence-electron chi connectivity index (χ0n) is 10.1. The molecule has 1 aliphatic heterocycles. The third-order valence-electron chi connectivity index (χ3n) is 4.24. The fraction of sp³-hybridized carbons (Fsp3) is 0.846. The van der Waals surface area contributed by atoms with Gasteiger partial charge in [-0.1, -0.05) is 18.6 Å². The van der Waals surface area contributed by atoms with E-state index in [0.717, 1.165) is 0 Å². The van der Waals surface area contributed by atoms with E-state index in [-0.39, 0.29) is 6.04 Å². The van der Waals surface area contributed by atoms with Gasteiger partial charge >= 0.3 is 0 Å². The lowest BCUT2D eigenvalue weighted by molar-refractivity contribution is 0.0499. The minimum atomic E-state index is 0.224. The van der Waals surface area contributed by atoms with Gasteiger partial charge in [0.2, 0.25) is 0 Å². The van der Waals surface area contributed by atoms with Crippen LogP contribution in [0.4, 0.5) is 0 Å². The van der Waals surface area contributed by atoms with Crippen molar-refractivity contribution in [1.29, 1.82) is 0 Å². The molecule has 1 fully saturated rings. The van der Waals surface area contributed by atoms with Crippen LogP contribution in [0.5, 0.6) is 0 Å². The summed E-state index contributed by atoms with van der Waals surface area (Å²) in [4.78, 5) is 0. The maximum atomic E-state index is 6.38. The van der Waals surface area contributed by atoms with E-state index in [1.807, 2.05) is 0 Å². The molecule has 1 saturated heterocycles. The molecule has 2 heteroatoms. The highest BCUT2D eigenvalue weighted by atomic mass is 16.5. The molecule has 2 aliphatic rings. The van der Waals surface area contributed by atoms with Gasteiger partial charge < -0.3 is 10.5 Å². The summed E-state index contributed by atoms with van der Waals surface area (Å²) < 4.78 is 5.86. The van der Waals surface area contributed by atoms with E-state index in [2.05, 4.69) is 26.8 Å². The summed E-state index contributed by atoms with van der Waals surface area (Å²) in [5.41, 5.74) is 7.85. The number of allylic oxidation sites excluding steroid dienone is 1. The fourth-order valence-corrected chi connectivity index (χ4v) is 3.16. The number of nitrogens with two attached hydrogens (primary N) is 1. The molecule has 2 nitrogen and oxygen atoms in total. The topological polar surface area (TPSA) is 35.2 Å². The molecule has 5 atom stereocenters. The monoisotopic (exact) mass is 209 g/mol. The quantitative estimate of drug-likeness (QED) is 0.709. The van der Waals surface area contributed by atoms with Crippen LogP contribution in [0.2, 0.25) is 0 Å². The Labute approximate surface area is 92.9 Å². The van der Waals surface area contributed by atoms with E-state index in [1.54, 1.807) is 0 Å². The molecule has 86 valence electrons. The van der Waals surface area contributed by atoms with Gasteiger partial charge in [0.1, 0.15) is 0 Å². The van der Waals surface area contributed by atoms with Gasteiger partial charge in [0.05, 0.1) is 12.2 Å². The Hall–Kier alpha value is -0.340. The van der Waals surface area contributed by atoms with Crippen LogP contribution in [-0.2, 0) is 4.74 Å². The standard InChI is InChI=1S/C13H23NO/c1-8-9(2)15-10(3)12(8)13(14)11-6-4-5-7-11/h6,8-10,12-13H,4-5,7,14H2,1-3H3. The van der Waals surface area contributed by atoms with Gasteiger partial charge in [0, 0.05) is 12.0 Å². The van der Waals surface area contributed by atoms with Gasteiger partial charge in [-0.3, -0.25) is 0 Å². The van der Waals surface area contributed by atoms with Crippen LogP contribution in [0.25, 0.3) is 0 Å². The Morgan fingerprint density at radius 3 is 2.53 bits per heavy atom. The zero-order chi connectivity index (χ0) is 11.0. The molecule has 0 bridgehead atoms. The average Bonchev–Trinajstić information content (AvgIpc) is 2.76. The Morgan fingerprint density at radius 2 is 2.07 bits per heavy atom. The summed E-state index contributed by atoms with van der Waals surface area (Å²) in [6.45, 7) is 6.60. The molecule has 5 unspecified atom stereocenters. The van der Waals surface area contributed by atoms with Crippen LogP contribution >= 0.6 is 0 Å². The van der Waals surface area contributed by atoms with Crippen molar-refractivity contribution in [2.24, 2.45) is 17.6 Å². The summed E-state index contributed by atoms with van der Waals surface area (Å²) in [5, 5.41) is 0. The molecule has 0 saturated carbocycles. The van der Waals surface area contributed by atoms with E-state index in [4.69, 9.17) is 10.5 Å². The van der Waals surface area contributed by atoms with Gasteiger partial charge in [0.25, 0.3) is 0 Å². The summed E-state index contributed by atoms with van der Waals surface area (Å²) in [5.74, 6) is 1.08. The largest absolute Gasteiger partial charge is 0.375 e. The van der Waals surface area contributed by atoms with Gasteiger partial charge in [-0.2, -0.15) is 0 Å². The third kappa shape index (κ3) is 1.98. The minimum absolute atomic E-state index is 0.224. The molecule has 0 amide bonds. The van der Waals surface area contributed by atoms with E-state index in [1.165, 1.54) is 24.8 Å². The molecular formula is C13H23NO. The molecule has 0 radical (unpaired) electrons. The van der Waals surface area contributed by atoms with Crippen LogP contribution in [0.1, 0.15) is 40.0 Å². The summed E-state index contributed by atoms with van der Waals surface area (Å²) in [6.07, 6.45) is 6.71. The summed E-state index contributed by atoms with van der Waals surface area (Å²) in [6, 6.07) is 0.224. The first-order chi connectivity index (χ1) is 7.11. The smallest absolute Gasteiger partial charge is 0.0600 e. The maximum Gasteiger partial charge on any atom is 0.0600 e. The molecule has 0 aromatic heterocycles. The number of hydrogen-bond acceptors (Lipinski definition) is 2. The van der Waals surface area contributed by atoms with Crippen molar-refractivity contribution in [1.82, 2.24) is 0 Å². The lowest BCUT2D eigenvalue weighted by Gasteiger charge is -2.26. The van der Waals surface area contributed by atoms with Gasteiger partial charge in [-0.15, -0.1) is 0 Å². The van der Waals surface area contributed by atoms with Crippen molar-refractivity contribution in [2.75, 3.05) is 0 Å². The SMILES string of the molecule is CC1OC(C)C(C(N)C2=CCCC2)C1C. The Bertz CT molecular complexity index is 261. The van der Waals surface area contributed by atoms with Crippen molar-refractivity contribution in [3.8, 4) is 0 Å². The minimum Gasteiger partial charge on any atom is -0.375 e. The molecular weight excluding hydrogens is 186 g/mol. The van der Waals surface area contributed by atoms with Crippen molar-refractivity contribution in [3.63, 3.8) is 0 Å². The average molecular weight is 209 g/mol. The molecule has 2 rings (SSSR count). The molecule has 0 aromatic rings. The molecule has 2 N–H and O–H groups in total. The summed E-state index contributed by atoms with van der Waals surface area (Å²) >= 11 is 0. The molecule has 0 aromatic carbocycles. The van der Waals surface area contributed by atoms with Crippen LogP contribution in [0.3, 0.4) is 0 Å². The Morgan fingerprint density at radius 1 is 1.33 bits per heavy atom. The lowest BCUT2D eigenvalue weighted by Crippen LogP contribution is -2.38. The first-order valence-electron chi connectivity index (χ1n) is 6.21. The van der Waals surface area contributed by atoms with Crippen LogP contribution in [-0.4, -0.2) is 18.2 Å². The Balaban J connectivity index is 2.08. The number of hydrogen-bond donors (Lipinski definition) is 1. The van der Waals surface area contributed by atoms with Crippen LogP contribution < -0.4 is 5.73 Å². The second kappa shape index (κ2) is 4.26. The zero-order valence-corrected chi connectivity index (χ0v) is 10.1. The molecule has 0 spiro atoms. The lowest BCUT2D eigenvalue weighted by atomic mass is 9.80. The maximum absolute atomic E-state index is 6.38. The molecule has 1 aliphatic carbocycles. The van der Waals surface area contributed by atoms with Gasteiger partial charge in [-0.05, 0) is 39.0 Å². The van der Waals surface area contributed by atoms with Crippen molar-refractivity contribution in [2.45, 2.75) is 58.3 Å². The highest BCUT2D eigenvalue weighted by Gasteiger charge is 2.41. The van der Waals surface area contributed by atoms with E-state index >= 15 is 0 Å².